The molecule has 1 heterocycles. The number of aromatic nitrogens is 1. The summed E-state index contributed by atoms with van der Waals surface area (Å²) in [6, 6.07) is 4.00. The number of allylic oxidation sites excluding steroid dienone is 3. The molecule has 0 aliphatic heterocycles. The molecule has 0 amide bonds. The highest BCUT2D eigenvalue weighted by atomic mass is 14.9. The highest BCUT2D eigenvalue weighted by molar-refractivity contribution is 5.31. The van der Waals surface area contributed by atoms with Gasteiger partial charge in [0.15, 0.2) is 0 Å². The minimum Gasteiger partial charge on any atom is -0.385 e. The van der Waals surface area contributed by atoms with E-state index in [1.807, 2.05) is 12.3 Å². The van der Waals surface area contributed by atoms with Crippen molar-refractivity contribution in [3.05, 3.63) is 53.3 Å². The maximum atomic E-state index is 5.73. The lowest BCUT2D eigenvalue weighted by Crippen LogP contribution is -2.27. The molecule has 0 unspecified atom stereocenters. The molecular weight excluding hydrogens is 236 g/mol. The van der Waals surface area contributed by atoms with E-state index in [0.29, 0.717) is 5.82 Å². The molecule has 19 heavy (non-hydrogen) atoms. The van der Waals surface area contributed by atoms with E-state index < -0.39 is 0 Å². The summed E-state index contributed by atoms with van der Waals surface area (Å²) in [6.45, 7) is 5.23. The third kappa shape index (κ3) is 3.74. The van der Waals surface area contributed by atoms with Gasteiger partial charge in [-0.05, 0) is 41.5 Å². The molecule has 0 aromatic carbocycles. The molecule has 1 aromatic heterocycles. The van der Waals surface area contributed by atoms with Gasteiger partial charge in [-0.1, -0.05) is 19.9 Å². The topological polar surface area (TPSA) is 77.0 Å². The second-order valence-corrected chi connectivity index (χ2v) is 5.88. The molecule has 102 valence electrons. The van der Waals surface area contributed by atoms with Crippen molar-refractivity contribution < 1.29 is 0 Å². The Morgan fingerprint density at radius 3 is 2.79 bits per heavy atom. The maximum absolute atomic E-state index is 5.73. The summed E-state index contributed by atoms with van der Waals surface area (Å²) in [5, 5.41) is 3.45. The minimum absolute atomic E-state index is 0.186. The summed E-state index contributed by atoms with van der Waals surface area (Å²) in [7, 11) is 0. The summed E-state index contributed by atoms with van der Waals surface area (Å²) < 4.78 is 0. The molecule has 1 aromatic rings. The van der Waals surface area contributed by atoms with Crippen LogP contribution in [0.2, 0.25) is 0 Å². The van der Waals surface area contributed by atoms with Crippen molar-refractivity contribution in [2.45, 2.75) is 33.2 Å². The second-order valence-electron chi connectivity index (χ2n) is 5.88. The zero-order valence-electron chi connectivity index (χ0n) is 11.6. The molecule has 1 aliphatic carbocycles. The monoisotopic (exact) mass is 258 g/mol. The SMILES string of the molecule is CC1(C)CC(NCc2cccnc2)=CC(=C(N)N)C1. The van der Waals surface area contributed by atoms with Crippen molar-refractivity contribution in [3.8, 4) is 0 Å². The molecule has 4 nitrogen and oxygen atoms in total. The van der Waals surface area contributed by atoms with Crippen molar-refractivity contribution in [2.24, 2.45) is 16.9 Å². The van der Waals surface area contributed by atoms with E-state index in [0.717, 1.165) is 30.5 Å². The number of hydrogen-bond donors (Lipinski definition) is 3. The van der Waals surface area contributed by atoms with Crippen molar-refractivity contribution >= 4 is 0 Å². The molecule has 5 N–H and O–H groups in total. The van der Waals surface area contributed by atoms with Gasteiger partial charge in [0.2, 0.25) is 0 Å². The molecule has 0 spiro atoms. The van der Waals surface area contributed by atoms with Crippen LogP contribution < -0.4 is 16.8 Å². The molecule has 0 atom stereocenters. The lowest BCUT2D eigenvalue weighted by molar-refractivity contribution is 0.340. The fourth-order valence-corrected chi connectivity index (χ4v) is 2.42. The first-order chi connectivity index (χ1) is 8.96. The van der Waals surface area contributed by atoms with Crippen LogP contribution in [-0.2, 0) is 6.54 Å². The standard InChI is InChI=1S/C15H22N4/c1-15(2)7-12(14(16)17)6-13(8-15)19-10-11-4-3-5-18-9-11/h3-6,9,19H,7-8,10,16-17H2,1-2H3. The largest absolute Gasteiger partial charge is 0.385 e. The summed E-state index contributed by atoms with van der Waals surface area (Å²) in [4.78, 5) is 4.11. The Morgan fingerprint density at radius 2 is 2.16 bits per heavy atom. The number of pyridine rings is 1. The van der Waals surface area contributed by atoms with E-state index in [4.69, 9.17) is 11.5 Å². The predicted octanol–water partition coefficient (Wildman–Crippen LogP) is 2.00. The van der Waals surface area contributed by atoms with Gasteiger partial charge in [-0.2, -0.15) is 0 Å². The lowest BCUT2D eigenvalue weighted by atomic mass is 9.77. The van der Waals surface area contributed by atoms with Crippen LogP contribution in [0, 0.1) is 5.41 Å². The molecular formula is C15H22N4. The van der Waals surface area contributed by atoms with E-state index in [-0.39, 0.29) is 5.41 Å². The van der Waals surface area contributed by atoms with Crippen LogP contribution in [0.5, 0.6) is 0 Å². The van der Waals surface area contributed by atoms with Gasteiger partial charge in [0.1, 0.15) is 0 Å². The quantitative estimate of drug-likeness (QED) is 0.775. The van der Waals surface area contributed by atoms with E-state index in [1.54, 1.807) is 6.20 Å². The van der Waals surface area contributed by atoms with Crippen LogP contribution in [0.4, 0.5) is 0 Å². The predicted molar refractivity (Wildman–Crippen MR) is 77.6 cm³/mol. The van der Waals surface area contributed by atoms with Crippen molar-refractivity contribution in [3.63, 3.8) is 0 Å². The third-order valence-electron chi connectivity index (χ3n) is 3.30. The van der Waals surface area contributed by atoms with E-state index >= 15 is 0 Å². The Kier molecular flexibility index (Phi) is 3.79. The number of rotatable bonds is 3. The van der Waals surface area contributed by atoms with E-state index in [1.165, 1.54) is 5.70 Å². The van der Waals surface area contributed by atoms with Gasteiger partial charge >= 0.3 is 0 Å². The van der Waals surface area contributed by atoms with Crippen LogP contribution in [0.25, 0.3) is 0 Å². The molecule has 1 aliphatic rings. The van der Waals surface area contributed by atoms with Crippen molar-refractivity contribution in [1.29, 1.82) is 0 Å². The average Bonchev–Trinajstić information content (AvgIpc) is 2.36. The minimum atomic E-state index is 0.186. The van der Waals surface area contributed by atoms with Gasteiger partial charge in [-0.25, -0.2) is 0 Å². The van der Waals surface area contributed by atoms with E-state index in [2.05, 4.69) is 36.3 Å². The number of nitrogens with two attached hydrogens (primary N) is 2. The number of nitrogens with one attached hydrogen (secondary N) is 1. The van der Waals surface area contributed by atoms with Gasteiger partial charge in [0, 0.05) is 24.6 Å². The zero-order chi connectivity index (χ0) is 13.9. The fraction of sp³-hybridized carbons (Fsp3) is 0.400. The Hall–Kier alpha value is -1.97. The first-order valence-electron chi connectivity index (χ1n) is 6.54. The zero-order valence-corrected chi connectivity index (χ0v) is 11.6. The molecule has 0 fully saturated rings. The number of nitrogens with zero attached hydrogens (tertiary/aromatic N) is 1. The van der Waals surface area contributed by atoms with Crippen molar-refractivity contribution in [2.75, 3.05) is 0 Å². The molecule has 0 bridgehead atoms. The highest BCUT2D eigenvalue weighted by Crippen LogP contribution is 2.37. The van der Waals surface area contributed by atoms with Crippen LogP contribution >= 0.6 is 0 Å². The Morgan fingerprint density at radius 1 is 1.37 bits per heavy atom. The normalized spacial score (nSPS) is 17.8. The van der Waals surface area contributed by atoms with Crippen molar-refractivity contribution in [1.82, 2.24) is 10.3 Å². The van der Waals surface area contributed by atoms with Crippen LogP contribution in [-0.4, -0.2) is 4.98 Å². The fourth-order valence-electron chi connectivity index (χ4n) is 2.42. The van der Waals surface area contributed by atoms with Gasteiger partial charge in [-0.3, -0.25) is 4.98 Å². The van der Waals surface area contributed by atoms with Gasteiger partial charge in [0.25, 0.3) is 0 Å². The number of hydrogen-bond acceptors (Lipinski definition) is 4. The Bertz CT molecular complexity index is 496. The molecule has 0 saturated carbocycles. The van der Waals surface area contributed by atoms with Crippen LogP contribution in [0.1, 0.15) is 32.3 Å². The van der Waals surface area contributed by atoms with Crippen LogP contribution in [0.15, 0.2) is 47.7 Å². The third-order valence-corrected chi connectivity index (χ3v) is 3.30. The second kappa shape index (κ2) is 5.34. The molecule has 0 saturated heterocycles. The maximum Gasteiger partial charge on any atom is 0.0967 e. The molecule has 2 rings (SSSR count). The van der Waals surface area contributed by atoms with E-state index in [9.17, 15) is 0 Å². The summed E-state index contributed by atoms with van der Waals surface area (Å²) >= 11 is 0. The van der Waals surface area contributed by atoms with Gasteiger partial charge in [-0.15, -0.1) is 0 Å². The summed E-state index contributed by atoms with van der Waals surface area (Å²) in [5.41, 5.74) is 15.0. The average molecular weight is 258 g/mol. The molecule has 4 heteroatoms. The van der Waals surface area contributed by atoms with Gasteiger partial charge in [0.05, 0.1) is 5.82 Å². The van der Waals surface area contributed by atoms with Crippen LogP contribution in [0.3, 0.4) is 0 Å². The molecule has 0 radical (unpaired) electrons. The summed E-state index contributed by atoms with van der Waals surface area (Å²) in [5.74, 6) is 0.424. The van der Waals surface area contributed by atoms with Gasteiger partial charge < -0.3 is 16.8 Å². The summed E-state index contributed by atoms with van der Waals surface area (Å²) in [6.07, 6.45) is 7.66. The smallest absolute Gasteiger partial charge is 0.0967 e. The Labute approximate surface area is 114 Å². The first-order valence-corrected chi connectivity index (χ1v) is 6.54. The lowest BCUT2D eigenvalue weighted by Gasteiger charge is -2.32. The Balaban J connectivity index is 2.09. The highest BCUT2D eigenvalue weighted by Gasteiger charge is 2.26. The first kappa shape index (κ1) is 13.5.